The second kappa shape index (κ2) is 8.78. The van der Waals surface area contributed by atoms with Crippen molar-refractivity contribution >= 4 is 0 Å². The van der Waals surface area contributed by atoms with Crippen LogP contribution in [0.25, 0.3) is 0 Å². The van der Waals surface area contributed by atoms with Crippen LogP contribution in [-0.4, -0.2) is 12.6 Å². The van der Waals surface area contributed by atoms with Crippen LogP contribution in [-0.2, 0) is 6.54 Å². The van der Waals surface area contributed by atoms with E-state index in [1.807, 2.05) is 12.1 Å². The molecule has 0 fully saturated rings. The second-order valence-corrected chi connectivity index (χ2v) is 6.63. The largest absolute Gasteiger partial charge is 0.491 e. The highest BCUT2D eigenvalue weighted by Gasteiger charge is 2.15. The zero-order valence-corrected chi connectivity index (χ0v) is 14.7. The Morgan fingerprint density at radius 3 is 2.35 bits per heavy atom. The molecule has 0 amide bonds. The Kier molecular flexibility index (Phi) is 6.72. The summed E-state index contributed by atoms with van der Waals surface area (Å²) >= 11 is 0. The number of hydrogen-bond donors (Lipinski definition) is 1. The van der Waals surface area contributed by atoms with Gasteiger partial charge in [-0.1, -0.05) is 26.0 Å². The van der Waals surface area contributed by atoms with E-state index in [0.29, 0.717) is 11.8 Å². The zero-order valence-electron chi connectivity index (χ0n) is 14.7. The average Bonchev–Trinajstić information content (AvgIpc) is 3.01. The van der Waals surface area contributed by atoms with Crippen molar-refractivity contribution < 1.29 is 9.15 Å². The maximum atomic E-state index is 5.73. The average molecular weight is 315 g/mol. The molecule has 3 heteroatoms. The van der Waals surface area contributed by atoms with Crippen molar-refractivity contribution in [3.05, 3.63) is 54.0 Å². The van der Waals surface area contributed by atoms with Gasteiger partial charge in [0.2, 0.25) is 0 Å². The van der Waals surface area contributed by atoms with E-state index in [0.717, 1.165) is 31.0 Å². The summed E-state index contributed by atoms with van der Waals surface area (Å²) in [6.07, 6.45) is 3.05. The summed E-state index contributed by atoms with van der Waals surface area (Å²) in [6, 6.07) is 12.5. The fraction of sp³-hybridized carbons (Fsp3) is 0.500. The van der Waals surface area contributed by atoms with E-state index < -0.39 is 0 Å². The fourth-order valence-electron chi connectivity index (χ4n) is 2.83. The molecule has 0 aliphatic rings. The van der Waals surface area contributed by atoms with E-state index >= 15 is 0 Å². The lowest BCUT2D eigenvalue weighted by Gasteiger charge is -2.22. The molecule has 0 saturated carbocycles. The van der Waals surface area contributed by atoms with Crippen molar-refractivity contribution in [2.45, 2.75) is 52.7 Å². The van der Waals surface area contributed by atoms with Crippen LogP contribution in [0.4, 0.5) is 0 Å². The van der Waals surface area contributed by atoms with Crippen molar-refractivity contribution in [1.82, 2.24) is 5.32 Å². The molecule has 1 heterocycles. The van der Waals surface area contributed by atoms with Crippen molar-refractivity contribution in [1.29, 1.82) is 0 Å². The number of ether oxygens (including phenoxy) is 1. The fourth-order valence-corrected chi connectivity index (χ4v) is 2.83. The molecule has 0 spiro atoms. The third-order valence-electron chi connectivity index (χ3n) is 4.00. The normalized spacial score (nSPS) is 12.8. The van der Waals surface area contributed by atoms with Crippen LogP contribution < -0.4 is 10.1 Å². The van der Waals surface area contributed by atoms with Crippen LogP contribution >= 0.6 is 0 Å². The number of furan rings is 1. The van der Waals surface area contributed by atoms with E-state index in [4.69, 9.17) is 9.15 Å². The molecule has 0 unspecified atom stereocenters. The lowest BCUT2D eigenvalue weighted by Crippen LogP contribution is -2.19. The van der Waals surface area contributed by atoms with Gasteiger partial charge in [0.05, 0.1) is 18.9 Å². The molecule has 23 heavy (non-hydrogen) atoms. The Labute approximate surface area is 140 Å². The van der Waals surface area contributed by atoms with Gasteiger partial charge in [0.25, 0.3) is 0 Å². The Morgan fingerprint density at radius 1 is 1.04 bits per heavy atom. The van der Waals surface area contributed by atoms with E-state index in [-0.39, 0.29) is 6.10 Å². The van der Waals surface area contributed by atoms with Gasteiger partial charge < -0.3 is 14.5 Å². The predicted octanol–water partition coefficient (Wildman–Crippen LogP) is 4.99. The van der Waals surface area contributed by atoms with Gasteiger partial charge in [-0.3, -0.25) is 0 Å². The first-order chi connectivity index (χ1) is 11.1. The van der Waals surface area contributed by atoms with Gasteiger partial charge in [-0.15, -0.1) is 0 Å². The highest BCUT2D eigenvalue weighted by molar-refractivity contribution is 5.30. The topological polar surface area (TPSA) is 34.4 Å². The van der Waals surface area contributed by atoms with Gasteiger partial charge >= 0.3 is 0 Å². The van der Waals surface area contributed by atoms with E-state index in [9.17, 15) is 0 Å². The molecular formula is C20H29NO2. The van der Waals surface area contributed by atoms with Crippen LogP contribution in [0.5, 0.6) is 5.75 Å². The molecule has 0 aliphatic carbocycles. The molecule has 2 rings (SSSR count). The molecule has 126 valence electrons. The summed E-state index contributed by atoms with van der Waals surface area (Å²) in [6.45, 7) is 10.4. The van der Waals surface area contributed by atoms with Crippen molar-refractivity contribution in [2.24, 2.45) is 5.92 Å². The van der Waals surface area contributed by atoms with Gasteiger partial charge in [0.15, 0.2) is 0 Å². The Hall–Kier alpha value is -1.74. The monoisotopic (exact) mass is 315 g/mol. The van der Waals surface area contributed by atoms with E-state index in [1.54, 1.807) is 6.26 Å². The first kappa shape index (κ1) is 17.6. The summed E-state index contributed by atoms with van der Waals surface area (Å²) in [5, 5.41) is 3.46. The first-order valence-electron chi connectivity index (χ1n) is 8.56. The van der Waals surface area contributed by atoms with E-state index in [2.05, 4.69) is 57.3 Å². The highest BCUT2D eigenvalue weighted by atomic mass is 16.5. The van der Waals surface area contributed by atoms with Gasteiger partial charge in [0.1, 0.15) is 11.5 Å². The molecule has 0 bridgehead atoms. The molecule has 2 aromatic rings. The van der Waals surface area contributed by atoms with Crippen LogP contribution in [0.15, 0.2) is 47.1 Å². The molecule has 0 aliphatic heterocycles. The van der Waals surface area contributed by atoms with E-state index in [1.165, 1.54) is 5.56 Å². The Bertz CT molecular complexity index is 544. The number of benzene rings is 1. The van der Waals surface area contributed by atoms with Crippen molar-refractivity contribution in [2.75, 3.05) is 6.54 Å². The third kappa shape index (κ3) is 5.76. The minimum absolute atomic E-state index is 0.215. The predicted molar refractivity (Wildman–Crippen MR) is 94.8 cm³/mol. The first-order valence-corrected chi connectivity index (χ1v) is 8.56. The molecule has 1 N–H and O–H groups in total. The smallest absolute Gasteiger partial charge is 0.119 e. The molecule has 3 nitrogen and oxygen atoms in total. The lowest BCUT2D eigenvalue weighted by molar-refractivity contribution is 0.242. The standard InChI is InChI=1S/C20H29NO2/c1-15(2)20(11-12-21-14-19-6-5-13-22-19)17-7-9-18(10-8-17)23-16(3)4/h5-10,13,15-16,20-21H,11-12,14H2,1-4H3/t20-/m0/s1. The third-order valence-corrected chi connectivity index (χ3v) is 4.00. The molecule has 1 atom stereocenters. The van der Waals surface area contributed by atoms with Gasteiger partial charge in [-0.2, -0.15) is 0 Å². The maximum absolute atomic E-state index is 5.73. The Morgan fingerprint density at radius 2 is 1.78 bits per heavy atom. The van der Waals surface area contributed by atoms with Crippen LogP contribution in [0.3, 0.4) is 0 Å². The van der Waals surface area contributed by atoms with Crippen molar-refractivity contribution in [3.8, 4) is 5.75 Å². The summed E-state index contributed by atoms with van der Waals surface area (Å²) < 4.78 is 11.1. The Balaban J connectivity index is 1.87. The number of hydrogen-bond acceptors (Lipinski definition) is 3. The lowest BCUT2D eigenvalue weighted by atomic mass is 9.86. The molecule has 0 radical (unpaired) electrons. The highest BCUT2D eigenvalue weighted by Crippen LogP contribution is 2.29. The SMILES string of the molecule is CC(C)Oc1ccc([C@@H](CCNCc2ccco2)C(C)C)cc1. The van der Waals surface area contributed by atoms with Crippen LogP contribution in [0.1, 0.15) is 51.4 Å². The minimum atomic E-state index is 0.215. The summed E-state index contributed by atoms with van der Waals surface area (Å²) in [5.74, 6) is 3.09. The zero-order chi connectivity index (χ0) is 16.7. The molecule has 1 aromatic heterocycles. The molecule has 1 aromatic carbocycles. The molecular weight excluding hydrogens is 286 g/mol. The second-order valence-electron chi connectivity index (χ2n) is 6.63. The minimum Gasteiger partial charge on any atom is -0.491 e. The van der Waals surface area contributed by atoms with Crippen LogP contribution in [0, 0.1) is 5.92 Å². The van der Waals surface area contributed by atoms with Gasteiger partial charge in [-0.05, 0) is 68.5 Å². The summed E-state index contributed by atoms with van der Waals surface area (Å²) in [7, 11) is 0. The summed E-state index contributed by atoms with van der Waals surface area (Å²) in [4.78, 5) is 0. The molecule has 0 saturated heterocycles. The quantitative estimate of drug-likeness (QED) is 0.662. The van der Waals surface area contributed by atoms with Gasteiger partial charge in [0, 0.05) is 0 Å². The number of rotatable bonds is 9. The van der Waals surface area contributed by atoms with Gasteiger partial charge in [-0.25, -0.2) is 0 Å². The summed E-state index contributed by atoms with van der Waals surface area (Å²) in [5.41, 5.74) is 1.39. The van der Waals surface area contributed by atoms with Crippen LogP contribution in [0.2, 0.25) is 0 Å². The maximum Gasteiger partial charge on any atom is 0.119 e. The van der Waals surface area contributed by atoms with Crippen molar-refractivity contribution in [3.63, 3.8) is 0 Å². The number of nitrogens with one attached hydrogen (secondary N) is 1.